The molecule has 110 valence electrons. The Morgan fingerprint density at radius 1 is 1.40 bits per heavy atom. The lowest BCUT2D eigenvalue weighted by molar-refractivity contribution is -0.135. The van der Waals surface area contributed by atoms with Crippen LogP contribution in [0.4, 0.5) is 9.18 Å². The van der Waals surface area contributed by atoms with E-state index in [1.54, 1.807) is 26.0 Å². The minimum atomic E-state index is -0.887. The molecule has 0 bridgehead atoms. The van der Waals surface area contributed by atoms with E-state index in [9.17, 15) is 14.0 Å². The summed E-state index contributed by atoms with van der Waals surface area (Å²) < 4.78 is 22.8. The highest BCUT2D eigenvalue weighted by atomic mass is 19.1. The van der Waals surface area contributed by atoms with Crippen molar-refractivity contribution in [2.24, 2.45) is 5.73 Å². The van der Waals surface area contributed by atoms with Gasteiger partial charge in [-0.1, -0.05) is 12.1 Å². The molecule has 0 aliphatic heterocycles. The summed E-state index contributed by atoms with van der Waals surface area (Å²) in [6, 6.07) is 5.88. The molecule has 0 aromatic heterocycles. The second kappa shape index (κ2) is 6.88. The van der Waals surface area contributed by atoms with E-state index in [1.165, 1.54) is 12.1 Å². The standard InChI is InChI=1S/C14H18FNO4/c1-14(2,20-13(16)18)8-12(19-9-17)7-10-3-5-11(15)6-4-10/h3-6,9,12H,7-8H2,1-2H3,(H2,16,18). The van der Waals surface area contributed by atoms with E-state index in [1.807, 2.05) is 0 Å². The van der Waals surface area contributed by atoms with Crippen LogP contribution in [0.2, 0.25) is 0 Å². The first-order valence-corrected chi connectivity index (χ1v) is 6.14. The first-order chi connectivity index (χ1) is 9.32. The predicted octanol–water partition coefficient (Wildman–Crippen LogP) is 2.17. The highest BCUT2D eigenvalue weighted by molar-refractivity contribution is 5.65. The molecule has 0 spiro atoms. The first-order valence-electron chi connectivity index (χ1n) is 6.14. The molecule has 0 heterocycles. The fraction of sp³-hybridized carbons (Fsp3) is 0.429. The van der Waals surface area contributed by atoms with Crippen molar-refractivity contribution >= 4 is 12.6 Å². The van der Waals surface area contributed by atoms with Gasteiger partial charge in [-0.3, -0.25) is 4.79 Å². The molecule has 0 aliphatic rings. The molecule has 0 aliphatic carbocycles. The summed E-state index contributed by atoms with van der Waals surface area (Å²) >= 11 is 0. The number of carbonyl (C=O) groups excluding carboxylic acids is 2. The van der Waals surface area contributed by atoms with Gasteiger partial charge in [-0.2, -0.15) is 0 Å². The Kier molecular flexibility index (Phi) is 5.49. The topological polar surface area (TPSA) is 78.6 Å². The van der Waals surface area contributed by atoms with Crippen LogP contribution in [0.15, 0.2) is 24.3 Å². The molecule has 2 N–H and O–H groups in total. The number of amides is 1. The van der Waals surface area contributed by atoms with Gasteiger partial charge in [0.05, 0.1) is 0 Å². The highest BCUT2D eigenvalue weighted by Gasteiger charge is 2.27. The normalized spacial score (nSPS) is 12.6. The predicted molar refractivity (Wildman–Crippen MR) is 70.4 cm³/mol. The quantitative estimate of drug-likeness (QED) is 0.778. The van der Waals surface area contributed by atoms with E-state index in [2.05, 4.69) is 0 Å². The van der Waals surface area contributed by atoms with Gasteiger partial charge >= 0.3 is 6.09 Å². The van der Waals surface area contributed by atoms with Crippen LogP contribution in [-0.4, -0.2) is 24.3 Å². The molecule has 5 nitrogen and oxygen atoms in total. The Morgan fingerprint density at radius 3 is 2.50 bits per heavy atom. The van der Waals surface area contributed by atoms with E-state index in [4.69, 9.17) is 15.2 Å². The van der Waals surface area contributed by atoms with Gasteiger partial charge in [0.1, 0.15) is 17.5 Å². The Morgan fingerprint density at radius 2 is 2.00 bits per heavy atom. The maximum absolute atomic E-state index is 12.8. The van der Waals surface area contributed by atoms with E-state index in [-0.39, 0.29) is 12.2 Å². The molecule has 1 atom stereocenters. The van der Waals surface area contributed by atoms with Crippen LogP contribution >= 0.6 is 0 Å². The number of primary amides is 1. The fourth-order valence-electron chi connectivity index (χ4n) is 1.99. The third-order valence-electron chi connectivity index (χ3n) is 2.72. The minimum Gasteiger partial charge on any atom is -0.464 e. The van der Waals surface area contributed by atoms with Gasteiger partial charge in [0.2, 0.25) is 0 Å². The lowest BCUT2D eigenvalue weighted by Crippen LogP contribution is -2.36. The minimum absolute atomic E-state index is 0.284. The summed E-state index contributed by atoms with van der Waals surface area (Å²) in [5.41, 5.74) is 4.94. The maximum Gasteiger partial charge on any atom is 0.405 e. The number of ether oxygens (including phenoxy) is 2. The number of nitrogens with two attached hydrogens (primary N) is 1. The SMILES string of the molecule is CC(C)(CC(Cc1ccc(F)cc1)OC=O)OC(N)=O. The Hall–Kier alpha value is -2.11. The number of hydrogen-bond donors (Lipinski definition) is 1. The monoisotopic (exact) mass is 283 g/mol. The summed E-state index contributed by atoms with van der Waals surface area (Å²) in [5, 5.41) is 0. The fourth-order valence-corrected chi connectivity index (χ4v) is 1.99. The smallest absolute Gasteiger partial charge is 0.405 e. The number of rotatable bonds is 7. The van der Waals surface area contributed by atoms with Crippen molar-refractivity contribution in [3.63, 3.8) is 0 Å². The van der Waals surface area contributed by atoms with Crippen molar-refractivity contribution in [3.8, 4) is 0 Å². The van der Waals surface area contributed by atoms with Crippen molar-refractivity contribution in [2.75, 3.05) is 0 Å². The zero-order chi connectivity index (χ0) is 15.2. The molecule has 0 fully saturated rings. The van der Waals surface area contributed by atoms with Crippen LogP contribution < -0.4 is 5.73 Å². The summed E-state index contributed by atoms with van der Waals surface area (Å²) in [6.07, 6.45) is -0.703. The second-order valence-electron chi connectivity index (χ2n) is 5.07. The van der Waals surface area contributed by atoms with Crippen molar-refractivity contribution in [1.82, 2.24) is 0 Å². The maximum atomic E-state index is 12.8. The van der Waals surface area contributed by atoms with E-state index in [0.29, 0.717) is 12.9 Å². The highest BCUT2D eigenvalue weighted by Crippen LogP contribution is 2.21. The van der Waals surface area contributed by atoms with E-state index >= 15 is 0 Å². The zero-order valence-electron chi connectivity index (χ0n) is 11.5. The molecule has 1 aromatic rings. The summed E-state index contributed by atoms with van der Waals surface area (Å²) in [4.78, 5) is 21.4. The molecule has 20 heavy (non-hydrogen) atoms. The molecule has 0 radical (unpaired) electrons. The molecular formula is C14H18FNO4. The molecule has 1 amide bonds. The number of halogens is 1. The van der Waals surface area contributed by atoms with Gasteiger partial charge in [0, 0.05) is 12.8 Å². The van der Waals surface area contributed by atoms with Gasteiger partial charge < -0.3 is 15.2 Å². The lowest BCUT2D eigenvalue weighted by Gasteiger charge is -2.28. The lowest BCUT2D eigenvalue weighted by atomic mass is 9.96. The Labute approximate surface area is 116 Å². The van der Waals surface area contributed by atoms with Crippen molar-refractivity contribution < 1.29 is 23.5 Å². The third kappa shape index (κ3) is 5.69. The molecule has 1 aromatic carbocycles. The molecule has 1 unspecified atom stereocenters. The zero-order valence-corrected chi connectivity index (χ0v) is 11.5. The molecule has 1 rings (SSSR count). The van der Waals surface area contributed by atoms with Crippen LogP contribution in [0.25, 0.3) is 0 Å². The molecule has 0 saturated carbocycles. The van der Waals surface area contributed by atoms with E-state index in [0.717, 1.165) is 5.56 Å². The van der Waals surface area contributed by atoms with Crippen LogP contribution in [-0.2, 0) is 20.7 Å². The largest absolute Gasteiger partial charge is 0.464 e. The van der Waals surface area contributed by atoms with Gasteiger partial charge in [-0.05, 0) is 31.5 Å². The van der Waals surface area contributed by atoms with Gasteiger partial charge in [-0.25, -0.2) is 9.18 Å². The van der Waals surface area contributed by atoms with Crippen molar-refractivity contribution in [2.45, 2.75) is 38.4 Å². The van der Waals surface area contributed by atoms with Gasteiger partial charge in [-0.15, -0.1) is 0 Å². The number of hydrogen-bond acceptors (Lipinski definition) is 4. The van der Waals surface area contributed by atoms with Crippen LogP contribution in [0, 0.1) is 5.82 Å². The Bertz CT molecular complexity index is 459. The molecule has 6 heteroatoms. The van der Waals surface area contributed by atoms with Gasteiger partial charge in [0.15, 0.2) is 0 Å². The molecule has 0 saturated heterocycles. The number of carbonyl (C=O) groups is 2. The third-order valence-corrected chi connectivity index (χ3v) is 2.72. The van der Waals surface area contributed by atoms with E-state index < -0.39 is 17.8 Å². The number of benzene rings is 1. The van der Waals surface area contributed by atoms with Gasteiger partial charge in [0.25, 0.3) is 6.47 Å². The first kappa shape index (κ1) is 15.9. The van der Waals surface area contributed by atoms with Crippen molar-refractivity contribution in [1.29, 1.82) is 0 Å². The van der Waals surface area contributed by atoms with Crippen molar-refractivity contribution in [3.05, 3.63) is 35.6 Å². The molecular weight excluding hydrogens is 265 g/mol. The van der Waals surface area contributed by atoms with Crippen LogP contribution in [0.1, 0.15) is 25.8 Å². The average Bonchev–Trinajstić information content (AvgIpc) is 2.30. The average molecular weight is 283 g/mol. The summed E-state index contributed by atoms with van der Waals surface area (Å²) in [5.74, 6) is -0.334. The van der Waals surface area contributed by atoms with Crippen LogP contribution in [0.3, 0.4) is 0 Å². The van der Waals surface area contributed by atoms with Crippen LogP contribution in [0.5, 0.6) is 0 Å². The summed E-state index contributed by atoms with van der Waals surface area (Å²) in [7, 11) is 0. The summed E-state index contributed by atoms with van der Waals surface area (Å²) in [6.45, 7) is 3.68. The Balaban J connectivity index is 2.71. The second-order valence-corrected chi connectivity index (χ2v) is 5.07.